The quantitative estimate of drug-likeness (QED) is 0.764. The Hall–Kier alpha value is -1.96. The molecule has 0 aliphatic rings. The molecule has 0 heterocycles. The molecule has 1 N–H and O–H groups in total. The Morgan fingerprint density at radius 1 is 0.810 bits per heavy atom. The Labute approximate surface area is 128 Å². The highest BCUT2D eigenvalue weighted by molar-refractivity contribution is 5.48. The second-order valence-electron chi connectivity index (χ2n) is 6.73. The lowest BCUT2D eigenvalue weighted by molar-refractivity contribution is 0.482. The van der Waals surface area contributed by atoms with Gasteiger partial charge in [0.2, 0.25) is 0 Å². The van der Waals surface area contributed by atoms with Crippen molar-refractivity contribution < 1.29 is 4.74 Å². The van der Waals surface area contributed by atoms with Crippen LogP contribution in [-0.4, -0.2) is 5.54 Å². The predicted molar refractivity (Wildman–Crippen MR) is 90.4 cm³/mol. The third-order valence-corrected chi connectivity index (χ3v) is 3.16. The third-order valence-electron chi connectivity index (χ3n) is 3.16. The van der Waals surface area contributed by atoms with E-state index in [4.69, 9.17) is 4.74 Å². The van der Waals surface area contributed by atoms with Crippen LogP contribution in [0, 0.1) is 0 Å². The maximum atomic E-state index is 5.87. The molecular formula is C19H25NO. The van der Waals surface area contributed by atoms with Gasteiger partial charge in [0.05, 0.1) is 0 Å². The molecule has 0 saturated carbocycles. The second kappa shape index (κ2) is 6.21. The van der Waals surface area contributed by atoms with E-state index in [9.17, 15) is 0 Å². The summed E-state index contributed by atoms with van der Waals surface area (Å²) in [5, 5.41) is 3.44. The number of ether oxygens (including phenoxy) is 1. The number of hydrogen-bond donors (Lipinski definition) is 1. The van der Waals surface area contributed by atoms with E-state index in [-0.39, 0.29) is 5.54 Å². The van der Waals surface area contributed by atoms with Crippen LogP contribution in [0.4, 0.5) is 5.69 Å². The molecule has 0 bridgehead atoms. The maximum absolute atomic E-state index is 5.87. The standard InChI is InChI=1S/C19H25NO/c1-14(2)15-6-10-17(11-7-15)21-18-12-8-16(9-13-18)20-19(3,4)5/h6-14,20H,1-5H3. The van der Waals surface area contributed by atoms with E-state index in [2.05, 4.69) is 52.1 Å². The molecule has 0 radical (unpaired) electrons. The van der Waals surface area contributed by atoms with Crippen molar-refractivity contribution >= 4 is 5.69 Å². The fourth-order valence-corrected chi connectivity index (χ4v) is 2.10. The van der Waals surface area contributed by atoms with Crippen LogP contribution in [0.3, 0.4) is 0 Å². The van der Waals surface area contributed by atoms with Crippen molar-refractivity contribution in [2.75, 3.05) is 5.32 Å². The average molecular weight is 283 g/mol. The Morgan fingerprint density at radius 3 is 1.71 bits per heavy atom. The van der Waals surface area contributed by atoms with E-state index in [0.29, 0.717) is 5.92 Å². The fraction of sp³-hybridized carbons (Fsp3) is 0.368. The Balaban J connectivity index is 2.03. The molecule has 2 aromatic rings. The fourth-order valence-electron chi connectivity index (χ4n) is 2.10. The molecule has 2 nitrogen and oxygen atoms in total. The van der Waals surface area contributed by atoms with E-state index in [1.54, 1.807) is 0 Å². The van der Waals surface area contributed by atoms with E-state index < -0.39 is 0 Å². The molecule has 0 aromatic heterocycles. The molecule has 0 spiro atoms. The van der Waals surface area contributed by atoms with Gasteiger partial charge in [0.1, 0.15) is 11.5 Å². The maximum Gasteiger partial charge on any atom is 0.127 e. The highest BCUT2D eigenvalue weighted by atomic mass is 16.5. The highest BCUT2D eigenvalue weighted by Crippen LogP contribution is 2.25. The van der Waals surface area contributed by atoms with Crippen LogP contribution < -0.4 is 10.1 Å². The molecule has 112 valence electrons. The van der Waals surface area contributed by atoms with Gasteiger partial charge in [0.25, 0.3) is 0 Å². The summed E-state index contributed by atoms with van der Waals surface area (Å²) in [4.78, 5) is 0. The van der Waals surface area contributed by atoms with E-state index in [1.807, 2.05) is 36.4 Å². The van der Waals surface area contributed by atoms with Gasteiger partial charge in [-0.2, -0.15) is 0 Å². The number of hydrogen-bond acceptors (Lipinski definition) is 2. The first-order valence-electron chi connectivity index (χ1n) is 7.49. The monoisotopic (exact) mass is 283 g/mol. The van der Waals surface area contributed by atoms with Gasteiger partial charge in [-0.3, -0.25) is 0 Å². The minimum absolute atomic E-state index is 0.0645. The summed E-state index contributed by atoms with van der Waals surface area (Å²) in [6.45, 7) is 10.8. The summed E-state index contributed by atoms with van der Waals surface area (Å²) in [7, 11) is 0. The van der Waals surface area contributed by atoms with E-state index >= 15 is 0 Å². The van der Waals surface area contributed by atoms with Gasteiger partial charge >= 0.3 is 0 Å². The van der Waals surface area contributed by atoms with Crippen molar-refractivity contribution in [1.82, 2.24) is 0 Å². The Bertz CT molecular complexity index is 562. The van der Waals surface area contributed by atoms with Crippen LogP contribution in [0.25, 0.3) is 0 Å². The van der Waals surface area contributed by atoms with Gasteiger partial charge < -0.3 is 10.1 Å². The van der Waals surface area contributed by atoms with Crippen LogP contribution in [0.1, 0.15) is 46.1 Å². The predicted octanol–water partition coefficient (Wildman–Crippen LogP) is 5.81. The summed E-state index contributed by atoms with van der Waals surface area (Å²) >= 11 is 0. The van der Waals surface area contributed by atoms with Crippen LogP contribution >= 0.6 is 0 Å². The Kier molecular flexibility index (Phi) is 4.56. The van der Waals surface area contributed by atoms with Crippen molar-refractivity contribution in [3.63, 3.8) is 0 Å². The summed E-state index contributed by atoms with van der Waals surface area (Å²) in [6, 6.07) is 16.4. The number of nitrogens with one attached hydrogen (secondary N) is 1. The van der Waals surface area contributed by atoms with Gasteiger partial charge in [-0.05, 0) is 68.7 Å². The molecule has 0 unspecified atom stereocenters. The molecular weight excluding hydrogens is 258 g/mol. The van der Waals surface area contributed by atoms with Gasteiger partial charge in [-0.1, -0.05) is 26.0 Å². The topological polar surface area (TPSA) is 21.3 Å². The molecule has 2 rings (SSSR count). The van der Waals surface area contributed by atoms with Crippen molar-refractivity contribution in [2.24, 2.45) is 0 Å². The third kappa shape index (κ3) is 4.82. The minimum atomic E-state index is 0.0645. The lowest BCUT2D eigenvalue weighted by Gasteiger charge is -2.22. The van der Waals surface area contributed by atoms with Crippen LogP contribution in [0.15, 0.2) is 48.5 Å². The number of anilines is 1. The minimum Gasteiger partial charge on any atom is -0.457 e. The van der Waals surface area contributed by atoms with Gasteiger partial charge in [0, 0.05) is 11.2 Å². The lowest BCUT2D eigenvalue weighted by atomic mass is 10.0. The average Bonchev–Trinajstić information content (AvgIpc) is 2.40. The molecule has 0 amide bonds. The van der Waals surface area contributed by atoms with Crippen molar-refractivity contribution in [3.8, 4) is 11.5 Å². The van der Waals surface area contributed by atoms with Gasteiger partial charge in [0.15, 0.2) is 0 Å². The van der Waals surface area contributed by atoms with Crippen LogP contribution in [-0.2, 0) is 0 Å². The molecule has 2 heteroatoms. The largest absolute Gasteiger partial charge is 0.457 e. The first-order chi connectivity index (χ1) is 9.83. The van der Waals surface area contributed by atoms with Gasteiger partial charge in [-0.15, -0.1) is 0 Å². The zero-order chi connectivity index (χ0) is 15.5. The molecule has 0 atom stereocenters. The zero-order valence-electron chi connectivity index (χ0n) is 13.6. The van der Waals surface area contributed by atoms with Crippen molar-refractivity contribution in [2.45, 2.75) is 46.1 Å². The van der Waals surface area contributed by atoms with E-state index in [1.165, 1.54) is 5.56 Å². The van der Waals surface area contributed by atoms with Gasteiger partial charge in [-0.25, -0.2) is 0 Å². The normalized spacial score (nSPS) is 11.5. The SMILES string of the molecule is CC(C)c1ccc(Oc2ccc(NC(C)(C)C)cc2)cc1. The first kappa shape index (κ1) is 15.4. The van der Waals surface area contributed by atoms with Crippen LogP contribution in [0.2, 0.25) is 0 Å². The first-order valence-corrected chi connectivity index (χ1v) is 7.49. The summed E-state index contributed by atoms with van der Waals surface area (Å²) < 4.78 is 5.87. The second-order valence-corrected chi connectivity index (χ2v) is 6.73. The van der Waals surface area contributed by atoms with Crippen molar-refractivity contribution in [3.05, 3.63) is 54.1 Å². The number of benzene rings is 2. The molecule has 0 saturated heterocycles. The smallest absolute Gasteiger partial charge is 0.127 e. The molecule has 21 heavy (non-hydrogen) atoms. The summed E-state index contributed by atoms with van der Waals surface area (Å²) in [5.74, 6) is 2.27. The zero-order valence-corrected chi connectivity index (χ0v) is 13.6. The van der Waals surface area contributed by atoms with Crippen LogP contribution in [0.5, 0.6) is 11.5 Å². The number of rotatable bonds is 4. The molecule has 0 aliphatic heterocycles. The summed E-state index contributed by atoms with van der Waals surface area (Å²) in [5.41, 5.74) is 2.49. The van der Waals surface area contributed by atoms with Crippen molar-refractivity contribution in [1.29, 1.82) is 0 Å². The van der Waals surface area contributed by atoms with E-state index in [0.717, 1.165) is 17.2 Å². The molecule has 0 fully saturated rings. The highest BCUT2D eigenvalue weighted by Gasteiger charge is 2.09. The molecule has 0 aliphatic carbocycles. The summed E-state index contributed by atoms with van der Waals surface area (Å²) in [6.07, 6.45) is 0. The lowest BCUT2D eigenvalue weighted by Crippen LogP contribution is -2.25. The molecule has 2 aromatic carbocycles. The Morgan fingerprint density at radius 2 is 1.29 bits per heavy atom.